The van der Waals surface area contributed by atoms with Crippen molar-refractivity contribution in [1.82, 2.24) is 4.31 Å². The molecule has 0 amide bonds. The second-order valence-corrected chi connectivity index (χ2v) is 8.36. The molecule has 2 heterocycles. The van der Waals surface area contributed by atoms with Crippen LogP contribution in [0, 0.1) is 18.8 Å². The summed E-state index contributed by atoms with van der Waals surface area (Å²) in [6, 6.07) is 1.73. The van der Waals surface area contributed by atoms with Crippen LogP contribution in [0.2, 0.25) is 0 Å². The highest BCUT2D eigenvalue weighted by molar-refractivity contribution is 7.89. The van der Waals surface area contributed by atoms with Gasteiger partial charge in [0.05, 0.1) is 4.90 Å². The molecule has 2 atom stereocenters. The Morgan fingerprint density at radius 1 is 1.39 bits per heavy atom. The third-order valence-electron chi connectivity index (χ3n) is 3.70. The van der Waals surface area contributed by atoms with Crippen LogP contribution in [0.4, 0.5) is 0 Å². The molecule has 0 spiro atoms. The van der Waals surface area contributed by atoms with Crippen molar-refractivity contribution in [2.24, 2.45) is 17.6 Å². The third kappa shape index (κ3) is 2.34. The minimum absolute atomic E-state index is 0.397. The van der Waals surface area contributed by atoms with Gasteiger partial charge in [0.1, 0.15) is 0 Å². The molecule has 1 aromatic rings. The summed E-state index contributed by atoms with van der Waals surface area (Å²) in [7, 11) is -3.34. The molecule has 18 heavy (non-hydrogen) atoms. The highest BCUT2D eigenvalue weighted by Crippen LogP contribution is 2.32. The normalized spacial score (nSPS) is 25.8. The van der Waals surface area contributed by atoms with Crippen molar-refractivity contribution in [3.05, 3.63) is 15.8 Å². The minimum atomic E-state index is -3.34. The van der Waals surface area contributed by atoms with Gasteiger partial charge in [-0.25, -0.2) is 8.42 Å². The van der Waals surface area contributed by atoms with Gasteiger partial charge >= 0.3 is 0 Å². The Kier molecular flexibility index (Phi) is 3.82. The molecule has 2 rings (SSSR count). The predicted octanol–water partition coefficient (Wildman–Crippen LogP) is 1.79. The molecule has 1 aliphatic heterocycles. The first-order valence-corrected chi connectivity index (χ1v) is 8.41. The van der Waals surface area contributed by atoms with Gasteiger partial charge < -0.3 is 5.73 Å². The van der Waals surface area contributed by atoms with E-state index in [4.69, 9.17) is 5.73 Å². The van der Waals surface area contributed by atoms with E-state index in [1.807, 2.05) is 6.92 Å². The van der Waals surface area contributed by atoms with Crippen LogP contribution in [0.15, 0.2) is 11.0 Å². The van der Waals surface area contributed by atoms with Gasteiger partial charge in [-0.2, -0.15) is 4.31 Å². The Bertz CT molecular complexity index is 526. The van der Waals surface area contributed by atoms with Crippen LogP contribution in [0.5, 0.6) is 0 Å². The quantitative estimate of drug-likeness (QED) is 0.922. The van der Waals surface area contributed by atoms with E-state index in [9.17, 15) is 8.42 Å². The van der Waals surface area contributed by atoms with Gasteiger partial charge in [0.25, 0.3) is 0 Å². The summed E-state index contributed by atoms with van der Waals surface area (Å²) in [4.78, 5) is 2.20. The molecule has 1 aliphatic rings. The van der Waals surface area contributed by atoms with Crippen molar-refractivity contribution in [3.63, 3.8) is 0 Å². The zero-order chi connectivity index (χ0) is 13.5. The number of hydrogen-bond donors (Lipinski definition) is 1. The van der Waals surface area contributed by atoms with Gasteiger partial charge in [-0.15, -0.1) is 11.3 Å². The number of sulfonamides is 1. The van der Waals surface area contributed by atoms with E-state index in [1.165, 1.54) is 11.3 Å². The molecule has 2 unspecified atom stereocenters. The Labute approximate surface area is 113 Å². The fraction of sp³-hybridized carbons (Fsp3) is 0.667. The average molecular weight is 288 g/mol. The Morgan fingerprint density at radius 3 is 2.39 bits per heavy atom. The van der Waals surface area contributed by atoms with Crippen molar-refractivity contribution in [3.8, 4) is 0 Å². The summed E-state index contributed by atoms with van der Waals surface area (Å²) in [5.41, 5.74) is 5.57. The molecule has 4 nitrogen and oxygen atoms in total. The lowest BCUT2D eigenvalue weighted by Crippen LogP contribution is -2.29. The van der Waals surface area contributed by atoms with E-state index in [1.54, 1.807) is 10.4 Å². The number of hydrogen-bond acceptors (Lipinski definition) is 4. The smallest absolute Gasteiger partial charge is 0.244 e. The van der Waals surface area contributed by atoms with Gasteiger partial charge in [-0.3, -0.25) is 0 Å². The lowest BCUT2D eigenvalue weighted by atomic mass is 10.0. The number of aryl methyl sites for hydroxylation is 1. The predicted molar refractivity (Wildman–Crippen MR) is 74.0 cm³/mol. The molecule has 102 valence electrons. The largest absolute Gasteiger partial charge is 0.326 e. The van der Waals surface area contributed by atoms with Gasteiger partial charge in [0, 0.05) is 29.4 Å². The van der Waals surface area contributed by atoms with E-state index in [2.05, 4.69) is 13.8 Å². The molecule has 0 radical (unpaired) electrons. The minimum Gasteiger partial charge on any atom is -0.326 e. The van der Waals surface area contributed by atoms with Crippen LogP contribution in [-0.4, -0.2) is 25.8 Å². The number of thiophene rings is 1. The summed E-state index contributed by atoms with van der Waals surface area (Å²) in [5.74, 6) is 0.848. The van der Waals surface area contributed by atoms with E-state index in [-0.39, 0.29) is 0 Å². The van der Waals surface area contributed by atoms with E-state index in [0.29, 0.717) is 36.4 Å². The van der Waals surface area contributed by atoms with Crippen LogP contribution >= 0.6 is 11.3 Å². The maximum atomic E-state index is 12.6. The van der Waals surface area contributed by atoms with Gasteiger partial charge in [0.2, 0.25) is 10.0 Å². The first kappa shape index (κ1) is 14.0. The summed E-state index contributed by atoms with van der Waals surface area (Å²) in [5, 5.41) is 0. The molecule has 0 aromatic carbocycles. The van der Waals surface area contributed by atoms with E-state index in [0.717, 1.165) is 9.75 Å². The monoisotopic (exact) mass is 288 g/mol. The zero-order valence-electron chi connectivity index (χ0n) is 11.0. The highest BCUT2D eigenvalue weighted by atomic mass is 32.2. The third-order valence-corrected chi connectivity index (χ3v) is 6.86. The van der Waals surface area contributed by atoms with Gasteiger partial charge in [0.15, 0.2) is 0 Å². The SMILES string of the molecule is Cc1sc(CN)cc1S(=O)(=O)N1CC(C)C(C)C1. The summed E-state index contributed by atoms with van der Waals surface area (Å²) >= 11 is 1.47. The van der Waals surface area contributed by atoms with Crippen molar-refractivity contribution in [2.45, 2.75) is 32.2 Å². The molecule has 1 aromatic heterocycles. The van der Waals surface area contributed by atoms with Crippen LogP contribution in [0.1, 0.15) is 23.6 Å². The highest BCUT2D eigenvalue weighted by Gasteiger charge is 2.36. The molecule has 0 aliphatic carbocycles. The molecular weight excluding hydrogens is 268 g/mol. The number of nitrogens with zero attached hydrogens (tertiary/aromatic N) is 1. The first-order valence-electron chi connectivity index (χ1n) is 6.15. The first-order chi connectivity index (χ1) is 8.36. The molecule has 6 heteroatoms. The Morgan fingerprint density at radius 2 is 1.94 bits per heavy atom. The van der Waals surface area contributed by atoms with Gasteiger partial charge in [-0.05, 0) is 24.8 Å². The zero-order valence-corrected chi connectivity index (χ0v) is 12.6. The molecule has 1 fully saturated rings. The van der Waals surface area contributed by atoms with Crippen LogP contribution in [-0.2, 0) is 16.6 Å². The Balaban J connectivity index is 2.34. The van der Waals surface area contributed by atoms with E-state index >= 15 is 0 Å². The molecule has 2 N–H and O–H groups in total. The fourth-order valence-corrected chi connectivity index (χ4v) is 5.42. The van der Waals surface area contributed by atoms with Crippen molar-refractivity contribution in [1.29, 1.82) is 0 Å². The average Bonchev–Trinajstić information content (AvgIpc) is 2.84. The number of nitrogens with two attached hydrogens (primary N) is 1. The van der Waals surface area contributed by atoms with E-state index < -0.39 is 10.0 Å². The fourth-order valence-electron chi connectivity index (χ4n) is 2.29. The van der Waals surface area contributed by atoms with Crippen molar-refractivity contribution < 1.29 is 8.42 Å². The second kappa shape index (κ2) is 4.92. The second-order valence-electron chi connectivity index (χ2n) is 5.11. The van der Waals surface area contributed by atoms with Crippen LogP contribution < -0.4 is 5.73 Å². The summed E-state index contributed by atoms with van der Waals surface area (Å²) in [6.45, 7) is 7.69. The lowest BCUT2D eigenvalue weighted by molar-refractivity contribution is 0.463. The summed E-state index contributed by atoms with van der Waals surface area (Å²) in [6.07, 6.45) is 0. The molecule has 0 saturated carbocycles. The van der Waals surface area contributed by atoms with Gasteiger partial charge in [-0.1, -0.05) is 13.8 Å². The van der Waals surface area contributed by atoms with Crippen molar-refractivity contribution >= 4 is 21.4 Å². The lowest BCUT2D eigenvalue weighted by Gasteiger charge is -2.15. The van der Waals surface area contributed by atoms with Crippen molar-refractivity contribution in [2.75, 3.05) is 13.1 Å². The topological polar surface area (TPSA) is 63.4 Å². The molecule has 1 saturated heterocycles. The van der Waals surface area contributed by atoms with Crippen LogP contribution in [0.25, 0.3) is 0 Å². The molecule has 0 bridgehead atoms. The molecular formula is C12H20N2O2S2. The maximum absolute atomic E-state index is 12.6. The summed E-state index contributed by atoms with van der Waals surface area (Å²) < 4.78 is 26.7. The number of rotatable bonds is 3. The standard InChI is InChI=1S/C12H20N2O2S2/c1-8-6-14(7-9(8)2)18(15,16)12-4-11(5-13)17-10(12)3/h4,8-9H,5-7,13H2,1-3H3. The van der Waals surface area contributed by atoms with Crippen LogP contribution in [0.3, 0.4) is 0 Å². The maximum Gasteiger partial charge on any atom is 0.244 e. The Hall–Kier alpha value is -0.430.